The summed E-state index contributed by atoms with van der Waals surface area (Å²) in [6, 6.07) is 8.39. The fourth-order valence-corrected chi connectivity index (χ4v) is 2.54. The van der Waals surface area contributed by atoms with Gasteiger partial charge in [-0.2, -0.15) is 0 Å². The first kappa shape index (κ1) is 10.6. The second-order valence-corrected chi connectivity index (χ2v) is 5.18. The highest BCUT2D eigenvalue weighted by atomic mass is 32.2. The van der Waals surface area contributed by atoms with Gasteiger partial charge in [-0.25, -0.2) is 4.68 Å². The number of nitrogen functional groups attached to an aromatic ring is 1. The van der Waals surface area contributed by atoms with Gasteiger partial charge in [-0.05, 0) is 41.5 Å². The van der Waals surface area contributed by atoms with Crippen LogP contribution in [0.5, 0.6) is 0 Å². The number of benzene rings is 1. The summed E-state index contributed by atoms with van der Waals surface area (Å²) in [5, 5.41) is 11.8. The summed E-state index contributed by atoms with van der Waals surface area (Å²) in [7, 11) is 0. The predicted octanol–water partition coefficient (Wildman–Crippen LogP) is 1.88. The summed E-state index contributed by atoms with van der Waals surface area (Å²) < 4.78 is 1.94. The molecule has 2 N–H and O–H groups in total. The molecular weight excluding hydrogens is 234 g/mol. The largest absolute Gasteiger partial charge is 0.399 e. The van der Waals surface area contributed by atoms with Crippen LogP contribution < -0.4 is 5.73 Å². The second-order valence-electron chi connectivity index (χ2n) is 4.13. The molecule has 0 aliphatic heterocycles. The van der Waals surface area contributed by atoms with E-state index in [9.17, 15) is 0 Å². The van der Waals surface area contributed by atoms with Crippen molar-refractivity contribution in [2.45, 2.75) is 29.5 Å². The molecule has 0 saturated heterocycles. The zero-order valence-corrected chi connectivity index (χ0v) is 10.1. The molecule has 2 aromatic rings. The Morgan fingerprint density at radius 1 is 1.41 bits per heavy atom. The lowest BCUT2D eigenvalue weighted by Gasteiger charge is -2.03. The van der Waals surface area contributed by atoms with Gasteiger partial charge in [0.2, 0.25) is 0 Å². The third-order valence-corrected chi connectivity index (χ3v) is 3.67. The van der Waals surface area contributed by atoms with E-state index in [1.165, 1.54) is 12.8 Å². The minimum absolute atomic E-state index is 0.529. The monoisotopic (exact) mass is 247 g/mol. The lowest BCUT2D eigenvalue weighted by atomic mass is 10.3. The molecule has 1 aromatic heterocycles. The normalized spacial score (nSPS) is 15.1. The summed E-state index contributed by atoms with van der Waals surface area (Å²) in [6.45, 7) is 0. The molecule has 0 radical (unpaired) electrons. The topological polar surface area (TPSA) is 69.6 Å². The maximum atomic E-state index is 5.74. The lowest BCUT2D eigenvalue weighted by Crippen LogP contribution is -2.02. The van der Waals surface area contributed by atoms with Gasteiger partial charge in [0.1, 0.15) is 0 Å². The van der Waals surface area contributed by atoms with Crippen molar-refractivity contribution in [3.8, 4) is 0 Å². The Hall–Kier alpha value is -1.56. The van der Waals surface area contributed by atoms with E-state index >= 15 is 0 Å². The predicted molar refractivity (Wildman–Crippen MR) is 66.5 cm³/mol. The van der Waals surface area contributed by atoms with E-state index in [-0.39, 0.29) is 0 Å². The summed E-state index contributed by atoms with van der Waals surface area (Å²) in [4.78, 5) is 1.15. The van der Waals surface area contributed by atoms with Crippen molar-refractivity contribution >= 4 is 17.4 Å². The maximum absolute atomic E-state index is 5.74. The number of aromatic nitrogens is 4. The molecule has 88 valence electrons. The molecule has 0 amide bonds. The van der Waals surface area contributed by atoms with Crippen LogP contribution in [-0.4, -0.2) is 20.2 Å². The summed E-state index contributed by atoms with van der Waals surface area (Å²) in [6.07, 6.45) is 2.39. The van der Waals surface area contributed by atoms with Crippen molar-refractivity contribution in [1.82, 2.24) is 20.2 Å². The Morgan fingerprint density at radius 3 is 3.06 bits per heavy atom. The van der Waals surface area contributed by atoms with Crippen molar-refractivity contribution in [2.75, 3.05) is 5.73 Å². The Morgan fingerprint density at radius 2 is 2.29 bits per heavy atom. The van der Waals surface area contributed by atoms with Gasteiger partial charge >= 0.3 is 0 Å². The van der Waals surface area contributed by atoms with Gasteiger partial charge in [-0.15, -0.1) is 16.9 Å². The van der Waals surface area contributed by atoms with Crippen LogP contribution in [0, 0.1) is 0 Å². The molecule has 0 spiro atoms. The van der Waals surface area contributed by atoms with Gasteiger partial charge < -0.3 is 5.73 Å². The fraction of sp³-hybridized carbons (Fsp3) is 0.364. The highest BCUT2D eigenvalue weighted by molar-refractivity contribution is 7.98. The molecule has 6 heteroatoms. The first-order valence-electron chi connectivity index (χ1n) is 5.58. The van der Waals surface area contributed by atoms with Crippen molar-refractivity contribution < 1.29 is 0 Å². The van der Waals surface area contributed by atoms with E-state index in [0.717, 1.165) is 22.2 Å². The summed E-state index contributed by atoms with van der Waals surface area (Å²) >= 11 is 1.71. The van der Waals surface area contributed by atoms with E-state index in [4.69, 9.17) is 5.73 Å². The zero-order valence-electron chi connectivity index (χ0n) is 9.28. The molecule has 17 heavy (non-hydrogen) atoms. The SMILES string of the molecule is Nc1cccc(SCc2nnnn2C2CC2)c1. The van der Waals surface area contributed by atoms with Gasteiger partial charge in [0.25, 0.3) is 0 Å². The van der Waals surface area contributed by atoms with Crippen molar-refractivity contribution in [1.29, 1.82) is 0 Å². The Kier molecular flexibility index (Phi) is 2.72. The number of tetrazole rings is 1. The van der Waals surface area contributed by atoms with Crippen LogP contribution in [0.3, 0.4) is 0 Å². The van der Waals surface area contributed by atoms with Crippen molar-refractivity contribution in [3.05, 3.63) is 30.1 Å². The number of anilines is 1. The standard InChI is InChI=1S/C11H13N5S/c12-8-2-1-3-10(6-8)17-7-11-13-14-15-16(11)9-4-5-9/h1-3,6,9H,4-5,7,12H2. The smallest absolute Gasteiger partial charge is 0.161 e. The average Bonchev–Trinajstić information content (AvgIpc) is 3.06. The highest BCUT2D eigenvalue weighted by Gasteiger charge is 2.27. The number of rotatable bonds is 4. The zero-order chi connectivity index (χ0) is 11.7. The molecule has 1 fully saturated rings. The Labute approximate surface area is 103 Å². The van der Waals surface area contributed by atoms with E-state index in [1.807, 2.05) is 28.9 Å². The van der Waals surface area contributed by atoms with Gasteiger partial charge in [-0.3, -0.25) is 0 Å². The van der Waals surface area contributed by atoms with Crippen LogP contribution in [0.4, 0.5) is 5.69 Å². The molecular formula is C11H13N5S. The minimum atomic E-state index is 0.529. The molecule has 1 aliphatic carbocycles. The number of nitrogens with zero attached hydrogens (tertiary/aromatic N) is 4. The average molecular weight is 247 g/mol. The van der Waals surface area contributed by atoms with E-state index < -0.39 is 0 Å². The Balaban J connectivity index is 1.69. The molecule has 5 nitrogen and oxygen atoms in total. The maximum Gasteiger partial charge on any atom is 0.161 e. The first-order valence-corrected chi connectivity index (χ1v) is 6.56. The molecule has 3 rings (SSSR count). The van der Waals surface area contributed by atoms with Gasteiger partial charge in [0.15, 0.2) is 5.82 Å². The van der Waals surface area contributed by atoms with Gasteiger partial charge in [0, 0.05) is 10.6 Å². The number of hydrogen-bond acceptors (Lipinski definition) is 5. The van der Waals surface area contributed by atoms with Crippen LogP contribution in [0.25, 0.3) is 0 Å². The number of thioether (sulfide) groups is 1. The highest BCUT2D eigenvalue weighted by Crippen LogP contribution is 2.35. The third-order valence-electron chi connectivity index (χ3n) is 2.68. The van der Waals surface area contributed by atoms with E-state index in [2.05, 4.69) is 15.5 Å². The quantitative estimate of drug-likeness (QED) is 0.660. The van der Waals surface area contributed by atoms with Crippen LogP contribution in [0.1, 0.15) is 24.7 Å². The van der Waals surface area contributed by atoms with Gasteiger partial charge in [0.05, 0.1) is 11.8 Å². The van der Waals surface area contributed by atoms with Crippen LogP contribution in [-0.2, 0) is 5.75 Å². The molecule has 1 heterocycles. The molecule has 1 saturated carbocycles. The minimum Gasteiger partial charge on any atom is -0.399 e. The van der Waals surface area contributed by atoms with E-state index in [0.29, 0.717) is 6.04 Å². The van der Waals surface area contributed by atoms with Crippen LogP contribution in [0.2, 0.25) is 0 Å². The third kappa shape index (κ3) is 2.41. The van der Waals surface area contributed by atoms with E-state index in [1.54, 1.807) is 11.8 Å². The first-order chi connectivity index (χ1) is 8.33. The van der Waals surface area contributed by atoms with Crippen molar-refractivity contribution in [3.63, 3.8) is 0 Å². The summed E-state index contributed by atoms with van der Waals surface area (Å²) in [5.74, 6) is 1.73. The van der Waals surface area contributed by atoms with Crippen LogP contribution in [0.15, 0.2) is 29.2 Å². The molecule has 0 atom stereocenters. The number of nitrogens with two attached hydrogens (primary N) is 1. The molecule has 0 bridgehead atoms. The number of hydrogen-bond donors (Lipinski definition) is 1. The van der Waals surface area contributed by atoms with Crippen molar-refractivity contribution in [2.24, 2.45) is 0 Å². The lowest BCUT2D eigenvalue weighted by molar-refractivity contribution is 0.593. The van der Waals surface area contributed by atoms with Crippen LogP contribution >= 0.6 is 11.8 Å². The molecule has 1 aromatic carbocycles. The Bertz CT molecular complexity index is 520. The second kappa shape index (κ2) is 4.37. The van der Waals surface area contributed by atoms with Gasteiger partial charge in [-0.1, -0.05) is 6.07 Å². The molecule has 0 unspecified atom stereocenters. The summed E-state index contributed by atoms with van der Waals surface area (Å²) in [5.41, 5.74) is 6.53. The fourth-order valence-electron chi connectivity index (χ4n) is 1.66. The molecule has 1 aliphatic rings.